The van der Waals surface area contributed by atoms with Crippen molar-refractivity contribution in [3.8, 4) is 5.82 Å². The molecule has 2 heterocycles. The van der Waals surface area contributed by atoms with Crippen molar-refractivity contribution >= 4 is 17.3 Å². The molecule has 2 aromatic rings. The molecule has 6 nitrogen and oxygen atoms in total. The molecule has 0 saturated heterocycles. The lowest BCUT2D eigenvalue weighted by Crippen LogP contribution is -2.00. The van der Waals surface area contributed by atoms with Crippen LogP contribution < -0.4 is 0 Å². The summed E-state index contributed by atoms with van der Waals surface area (Å²) in [6.07, 6.45) is 3.34. The standard InChI is InChI=1S/C9H7ClN4O2/c1-6-4-11-13(5-6)9-3-7(14(15)16)2-8(10)12-9/h2-5H,1H3. The maximum atomic E-state index is 10.6. The normalized spacial score (nSPS) is 10.4. The summed E-state index contributed by atoms with van der Waals surface area (Å²) in [5.41, 5.74) is 0.826. The van der Waals surface area contributed by atoms with Gasteiger partial charge in [-0.2, -0.15) is 5.10 Å². The van der Waals surface area contributed by atoms with Crippen LogP contribution in [-0.4, -0.2) is 19.7 Å². The summed E-state index contributed by atoms with van der Waals surface area (Å²) >= 11 is 5.69. The van der Waals surface area contributed by atoms with Gasteiger partial charge in [0.2, 0.25) is 0 Å². The molecule has 2 aromatic heterocycles. The summed E-state index contributed by atoms with van der Waals surface area (Å²) in [5.74, 6) is 0.326. The van der Waals surface area contributed by atoms with Crippen LogP contribution in [0.3, 0.4) is 0 Å². The molecule has 0 N–H and O–H groups in total. The molecule has 0 fully saturated rings. The lowest BCUT2D eigenvalue weighted by Gasteiger charge is -2.00. The highest BCUT2D eigenvalue weighted by Gasteiger charge is 2.11. The minimum absolute atomic E-state index is 0.0670. The van der Waals surface area contributed by atoms with Gasteiger partial charge >= 0.3 is 0 Å². The molecule has 0 aliphatic rings. The molecule has 0 aromatic carbocycles. The first-order valence-electron chi connectivity index (χ1n) is 4.40. The number of hydrogen-bond acceptors (Lipinski definition) is 4. The number of halogens is 1. The fraction of sp³-hybridized carbons (Fsp3) is 0.111. The fourth-order valence-electron chi connectivity index (χ4n) is 1.23. The van der Waals surface area contributed by atoms with E-state index < -0.39 is 4.92 Å². The van der Waals surface area contributed by atoms with Crippen molar-refractivity contribution in [2.45, 2.75) is 6.92 Å². The molecule has 0 aliphatic heterocycles. The highest BCUT2D eigenvalue weighted by molar-refractivity contribution is 6.29. The summed E-state index contributed by atoms with van der Waals surface area (Å²) in [4.78, 5) is 14.1. The fourth-order valence-corrected chi connectivity index (χ4v) is 1.43. The van der Waals surface area contributed by atoms with Crippen molar-refractivity contribution in [2.75, 3.05) is 0 Å². The van der Waals surface area contributed by atoms with Crippen LogP contribution in [0.25, 0.3) is 5.82 Å². The second kappa shape index (κ2) is 3.90. The number of hydrogen-bond donors (Lipinski definition) is 0. The van der Waals surface area contributed by atoms with Crippen molar-refractivity contribution in [1.29, 1.82) is 0 Å². The maximum absolute atomic E-state index is 10.6. The molecule has 0 saturated carbocycles. The summed E-state index contributed by atoms with van der Waals surface area (Å²) in [6, 6.07) is 2.51. The molecule has 0 aliphatic carbocycles. The minimum Gasteiger partial charge on any atom is -0.258 e. The first-order valence-corrected chi connectivity index (χ1v) is 4.77. The van der Waals surface area contributed by atoms with Gasteiger partial charge < -0.3 is 0 Å². The number of pyridine rings is 1. The van der Waals surface area contributed by atoms with Crippen molar-refractivity contribution in [1.82, 2.24) is 14.8 Å². The molecule has 16 heavy (non-hydrogen) atoms. The molecule has 0 amide bonds. The van der Waals surface area contributed by atoms with Crippen LogP contribution in [-0.2, 0) is 0 Å². The van der Waals surface area contributed by atoms with Gasteiger partial charge in [0.25, 0.3) is 5.69 Å². The molecule has 0 atom stereocenters. The Kier molecular flexibility index (Phi) is 2.57. The number of aromatic nitrogens is 3. The van der Waals surface area contributed by atoms with Gasteiger partial charge in [-0.3, -0.25) is 10.1 Å². The van der Waals surface area contributed by atoms with E-state index in [9.17, 15) is 10.1 Å². The van der Waals surface area contributed by atoms with E-state index in [4.69, 9.17) is 11.6 Å². The molecule has 0 radical (unpaired) electrons. The predicted octanol–water partition coefficient (Wildman–Crippen LogP) is 2.14. The van der Waals surface area contributed by atoms with Gasteiger partial charge in [-0.15, -0.1) is 0 Å². The molecule has 0 unspecified atom stereocenters. The molecule has 0 bridgehead atoms. The lowest BCUT2D eigenvalue weighted by atomic mass is 10.4. The van der Waals surface area contributed by atoms with E-state index in [1.165, 1.54) is 16.8 Å². The van der Waals surface area contributed by atoms with Crippen molar-refractivity contribution in [3.63, 3.8) is 0 Å². The van der Waals surface area contributed by atoms with Gasteiger partial charge in [0.05, 0.1) is 23.3 Å². The first-order chi connectivity index (χ1) is 7.56. The average Bonchev–Trinajstić information content (AvgIpc) is 2.64. The van der Waals surface area contributed by atoms with Crippen molar-refractivity contribution < 1.29 is 4.92 Å². The highest BCUT2D eigenvalue weighted by atomic mass is 35.5. The Bertz CT molecular complexity index is 552. The zero-order chi connectivity index (χ0) is 11.7. The molecule has 82 valence electrons. The van der Waals surface area contributed by atoms with Gasteiger partial charge in [-0.25, -0.2) is 9.67 Å². The second-order valence-electron chi connectivity index (χ2n) is 3.23. The Labute approximate surface area is 95.6 Å². The number of rotatable bonds is 2. The Morgan fingerprint density at radius 1 is 1.50 bits per heavy atom. The van der Waals surface area contributed by atoms with E-state index in [1.54, 1.807) is 12.4 Å². The monoisotopic (exact) mass is 238 g/mol. The van der Waals surface area contributed by atoms with Gasteiger partial charge in [0, 0.05) is 6.20 Å². The number of nitro groups is 1. The Hall–Kier alpha value is -1.95. The van der Waals surface area contributed by atoms with Crippen LogP contribution in [0.5, 0.6) is 0 Å². The van der Waals surface area contributed by atoms with E-state index in [0.29, 0.717) is 5.82 Å². The predicted molar refractivity (Wildman–Crippen MR) is 57.8 cm³/mol. The zero-order valence-corrected chi connectivity index (χ0v) is 9.05. The largest absolute Gasteiger partial charge is 0.276 e. The zero-order valence-electron chi connectivity index (χ0n) is 8.29. The highest BCUT2D eigenvalue weighted by Crippen LogP contribution is 2.19. The third kappa shape index (κ3) is 2.01. The van der Waals surface area contributed by atoms with Crippen LogP contribution in [0.1, 0.15) is 5.56 Å². The van der Waals surface area contributed by atoms with Gasteiger partial charge in [0.1, 0.15) is 5.15 Å². The van der Waals surface area contributed by atoms with Gasteiger partial charge in [-0.1, -0.05) is 11.6 Å². The molecule has 2 rings (SSSR count). The Balaban J connectivity index is 2.53. The van der Waals surface area contributed by atoms with E-state index in [1.807, 2.05) is 6.92 Å². The van der Waals surface area contributed by atoms with Crippen LogP contribution in [0.4, 0.5) is 5.69 Å². The Morgan fingerprint density at radius 3 is 2.81 bits per heavy atom. The first kappa shape index (κ1) is 10.6. The third-order valence-electron chi connectivity index (χ3n) is 1.92. The number of nitrogens with zero attached hydrogens (tertiary/aromatic N) is 4. The van der Waals surface area contributed by atoms with Crippen molar-refractivity contribution in [2.24, 2.45) is 0 Å². The van der Waals surface area contributed by atoms with Crippen LogP contribution >= 0.6 is 11.6 Å². The average molecular weight is 239 g/mol. The summed E-state index contributed by atoms with van der Waals surface area (Å²) in [6.45, 7) is 1.86. The minimum atomic E-state index is -0.520. The van der Waals surface area contributed by atoms with Crippen LogP contribution in [0, 0.1) is 17.0 Å². The Morgan fingerprint density at radius 2 is 2.25 bits per heavy atom. The maximum Gasteiger partial charge on any atom is 0.276 e. The molecular formula is C9H7ClN4O2. The summed E-state index contributed by atoms with van der Waals surface area (Å²) in [7, 11) is 0. The second-order valence-corrected chi connectivity index (χ2v) is 3.61. The van der Waals surface area contributed by atoms with E-state index in [-0.39, 0.29) is 10.8 Å². The summed E-state index contributed by atoms with van der Waals surface area (Å²) < 4.78 is 1.44. The van der Waals surface area contributed by atoms with Crippen LogP contribution in [0.15, 0.2) is 24.5 Å². The SMILES string of the molecule is Cc1cnn(-c2cc([N+](=O)[O-])cc(Cl)n2)c1. The number of aryl methyl sites for hydroxylation is 1. The van der Waals surface area contributed by atoms with Crippen molar-refractivity contribution in [3.05, 3.63) is 45.4 Å². The third-order valence-corrected chi connectivity index (χ3v) is 2.12. The quantitative estimate of drug-likeness (QED) is 0.456. The van der Waals surface area contributed by atoms with E-state index in [0.717, 1.165) is 5.56 Å². The van der Waals surface area contributed by atoms with E-state index in [2.05, 4.69) is 10.1 Å². The smallest absolute Gasteiger partial charge is 0.258 e. The summed E-state index contributed by atoms with van der Waals surface area (Å²) in [5, 5.41) is 14.7. The lowest BCUT2D eigenvalue weighted by molar-refractivity contribution is -0.384. The molecular weight excluding hydrogens is 232 g/mol. The topological polar surface area (TPSA) is 73.8 Å². The van der Waals surface area contributed by atoms with Gasteiger partial charge in [0.15, 0.2) is 5.82 Å². The van der Waals surface area contributed by atoms with E-state index >= 15 is 0 Å². The van der Waals surface area contributed by atoms with Crippen LogP contribution in [0.2, 0.25) is 5.15 Å². The molecule has 7 heteroatoms. The molecule has 0 spiro atoms. The van der Waals surface area contributed by atoms with Gasteiger partial charge in [-0.05, 0) is 12.5 Å².